The molecule has 0 amide bonds. The van der Waals surface area contributed by atoms with Crippen molar-refractivity contribution in [3.8, 4) is 0 Å². The lowest BCUT2D eigenvalue weighted by atomic mass is 10.1. The summed E-state index contributed by atoms with van der Waals surface area (Å²) in [5.41, 5.74) is 6.92. The molecule has 18 heavy (non-hydrogen) atoms. The Morgan fingerprint density at radius 1 is 1.39 bits per heavy atom. The Morgan fingerprint density at radius 3 is 2.78 bits per heavy atom. The lowest BCUT2D eigenvalue weighted by molar-refractivity contribution is 0.760. The van der Waals surface area contributed by atoms with Crippen LogP contribution in [0.2, 0.25) is 0 Å². The van der Waals surface area contributed by atoms with Gasteiger partial charge in [-0.25, -0.2) is 4.98 Å². The van der Waals surface area contributed by atoms with E-state index in [1.54, 1.807) is 6.92 Å². The molecule has 0 spiro atoms. The minimum atomic E-state index is -0.168. The maximum Gasteiger partial charge on any atom is 0.252 e. The van der Waals surface area contributed by atoms with Crippen LogP contribution in [0.15, 0.2) is 41.2 Å². The zero-order valence-corrected chi connectivity index (χ0v) is 10.2. The highest BCUT2D eigenvalue weighted by Crippen LogP contribution is 2.10. The third-order valence-electron chi connectivity index (χ3n) is 2.59. The molecule has 0 aliphatic rings. The average molecular weight is 244 g/mol. The molecule has 0 aliphatic carbocycles. The van der Waals surface area contributed by atoms with Crippen LogP contribution in [0.3, 0.4) is 0 Å². The van der Waals surface area contributed by atoms with Crippen molar-refractivity contribution >= 4 is 5.82 Å². The van der Waals surface area contributed by atoms with E-state index in [0.29, 0.717) is 18.2 Å². The molecule has 5 nitrogen and oxygen atoms in total. The van der Waals surface area contributed by atoms with Gasteiger partial charge < -0.3 is 16.0 Å². The number of aryl methyl sites for hydroxylation is 1. The number of anilines is 1. The van der Waals surface area contributed by atoms with Gasteiger partial charge in [0.25, 0.3) is 5.56 Å². The van der Waals surface area contributed by atoms with E-state index in [0.717, 1.165) is 5.56 Å². The SMILES string of the molecule is Cc1nc(NCC(N)c2ccccc2)cc(=O)[nH]1. The third kappa shape index (κ3) is 3.18. The van der Waals surface area contributed by atoms with Crippen molar-refractivity contribution < 1.29 is 0 Å². The first-order valence-electron chi connectivity index (χ1n) is 5.77. The summed E-state index contributed by atoms with van der Waals surface area (Å²) in [5, 5.41) is 3.07. The van der Waals surface area contributed by atoms with E-state index in [4.69, 9.17) is 5.73 Å². The van der Waals surface area contributed by atoms with Crippen molar-refractivity contribution in [1.82, 2.24) is 9.97 Å². The van der Waals surface area contributed by atoms with Crippen LogP contribution in [0.5, 0.6) is 0 Å². The molecule has 94 valence electrons. The van der Waals surface area contributed by atoms with E-state index in [2.05, 4.69) is 15.3 Å². The molecule has 0 radical (unpaired) electrons. The lowest BCUT2D eigenvalue weighted by Crippen LogP contribution is -2.22. The molecule has 1 unspecified atom stereocenters. The molecule has 0 bridgehead atoms. The summed E-state index contributed by atoms with van der Waals surface area (Å²) < 4.78 is 0. The number of nitrogens with zero attached hydrogens (tertiary/aromatic N) is 1. The molecule has 0 saturated heterocycles. The zero-order valence-electron chi connectivity index (χ0n) is 10.2. The lowest BCUT2D eigenvalue weighted by Gasteiger charge is -2.13. The fourth-order valence-corrected chi connectivity index (χ4v) is 1.70. The molecule has 0 fully saturated rings. The Hall–Kier alpha value is -2.14. The van der Waals surface area contributed by atoms with Gasteiger partial charge >= 0.3 is 0 Å². The second kappa shape index (κ2) is 5.46. The van der Waals surface area contributed by atoms with Crippen LogP contribution >= 0.6 is 0 Å². The van der Waals surface area contributed by atoms with Crippen LogP contribution in [-0.4, -0.2) is 16.5 Å². The van der Waals surface area contributed by atoms with Crippen molar-refractivity contribution in [2.24, 2.45) is 5.73 Å². The molecular weight excluding hydrogens is 228 g/mol. The van der Waals surface area contributed by atoms with Gasteiger partial charge in [0.2, 0.25) is 0 Å². The first-order chi connectivity index (χ1) is 8.65. The number of H-pyrrole nitrogens is 1. The number of aromatic amines is 1. The molecule has 4 N–H and O–H groups in total. The minimum Gasteiger partial charge on any atom is -0.368 e. The topological polar surface area (TPSA) is 83.8 Å². The standard InChI is InChI=1S/C13H16N4O/c1-9-16-12(7-13(18)17-9)15-8-11(14)10-5-3-2-4-6-10/h2-7,11H,8,14H2,1H3,(H2,15,16,17,18). The molecule has 0 aliphatic heterocycles. The Bertz CT molecular complexity index is 565. The number of hydrogen-bond acceptors (Lipinski definition) is 4. The maximum absolute atomic E-state index is 11.3. The molecule has 1 atom stereocenters. The van der Waals surface area contributed by atoms with E-state index in [-0.39, 0.29) is 11.6 Å². The van der Waals surface area contributed by atoms with Gasteiger partial charge in [0.1, 0.15) is 11.6 Å². The van der Waals surface area contributed by atoms with Gasteiger partial charge in [0, 0.05) is 18.7 Å². The van der Waals surface area contributed by atoms with Gasteiger partial charge in [-0.15, -0.1) is 0 Å². The number of nitrogens with two attached hydrogens (primary N) is 1. The monoisotopic (exact) mass is 244 g/mol. The van der Waals surface area contributed by atoms with E-state index in [1.807, 2.05) is 30.3 Å². The Kier molecular flexibility index (Phi) is 3.74. The van der Waals surface area contributed by atoms with Crippen LogP contribution in [0.4, 0.5) is 5.82 Å². The second-order valence-corrected chi connectivity index (χ2v) is 4.11. The van der Waals surface area contributed by atoms with Gasteiger partial charge in [-0.05, 0) is 12.5 Å². The fourth-order valence-electron chi connectivity index (χ4n) is 1.70. The van der Waals surface area contributed by atoms with E-state index < -0.39 is 0 Å². The quantitative estimate of drug-likeness (QED) is 0.754. The minimum absolute atomic E-state index is 0.132. The van der Waals surface area contributed by atoms with Crippen LogP contribution in [0.1, 0.15) is 17.4 Å². The second-order valence-electron chi connectivity index (χ2n) is 4.11. The number of hydrogen-bond donors (Lipinski definition) is 3. The normalized spacial score (nSPS) is 12.1. The van der Waals surface area contributed by atoms with Gasteiger partial charge in [0.05, 0.1) is 0 Å². The van der Waals surface area contributed by atoms with Crippen molar-refractivity contribution in [3.63, 3.8) is 0 Å². The highest BCUT2D eigenvalue weighted by molar-refractivity contribution is 5.34. The summed E-state index contributed by atoms with van der Waals surface area (Å²) >= 11 is 0. The number of benzene rings is 1. The van der Waals surface area contributed by atoms with E-state index in [9.17, 15) is 4.79 Å². The summed E-state index contributed by atoms with van der Waals surface area (Å²) in [4.78, 5) is 18.0. The molecule has 1 aromatic carbocycles. The summed E-state index contributed by atoms with van der Waals surface area (Å²) in [7, 11) is 0. The number of rotatable bonds is 4. The first kappa shape index (κ1) is 12.3. The van der Waals surface area contributed by atoms with Gasteiger partial charge in [-0.3, -0.25) is 4.79 Å². The summed E-state index contributed by atoms with van der Waals surface area (Å²) in [5.74, 6) is 1.13. The smallest absolute Gasteiger partial charge is 0.252 e. The molecule has 2 rings (SSSR count). The Labute approximate surface area is 105 Å². The summed E-state index contributed by atoms with van der Waals surface area (Å²) in [6.45, 7) is 2.27. The van der Waals surface area contributed by atoms with Gasteiger partial charge in [-0.1, -0.05) is 30.3 Å². The average Bonchev–Trinajstić information content (AvgIpc) is 2.36. The van der Waals surface area contributed by atoms with Gasteiger partial charge in [0.15, 0.2) is 0 Å². The summed E-state index contributed by atoms with van der Waals surface area (Å²) in [6, 6.07) is 11.1. The third-order valence-corrected chi connectivity index (χ3v) is 2.59. The molecule has 0 saturated carbocycles. The molecular formula is C13H16N4O. The largest absolute Gasteiger partial charge is 0.368 e. The Balaban J connectivity index is 2.01. The van der Waals surface area contributed by atoms with Gasteiger partial charge in [-0.2, -0.15) is 0 Å². The van der Waals surface area contributed by atoms with E-state index in [1.165, 1.54) is 6.07 Å². The van der Waals surface area contributed by atoms with Crippen molar-refractivity contribution in [3.05, 3.63) is 58.1 Å². The first-order valence-corrected chi connectivity index (χ1v) is 5.77. The van der Waals surface area contributed by atoms with Crippen molar-refractivity contribution in [2.45, 2.75) is 13.0 Å². The predicted molar refractivity (Wildman–Crippen MR) is 71.5 cm³/mol. The maximum atomic E-state index is 11.3. The summed E-state index contributed by atoms with van der Waals surface area (Å²) in [6.07, 6.45) is 0. The Morgan fingerprint density at radius 2 is 2.11 bits per heavy atom. The van der Waals surface area contributed by atoms with Crippen molar-refractivity contribution in [2.75, 3.05) is 11.9 Å². The molecule has 5 heteroatoms. The van der Waals surface area contributed by atoms with Crippen LogP contribution < -0.4 is 16.6 Å². The highest BCUT2D eigenvalue weighted by atomic mass is 16.1. The van der Waals surface area contributed by atoms with Crippen molar-refractivity contribution in [1.29, 1.82) is 0 Å². The van der Waals surface area contributed by atoms with E-state index >= 15 is 0 Å². The fraction of sp³-hybridized carbons (Fsp3) is 0.231. The molecule has 2 aromatic rings. The van der Waals surface area contributed by atoms with Crippen LogP contribution in [0.25, 0.3) is 0 Å². The number of nitrogens with one attached hydrogen (secondary N) is 2. The molecule has 1 aromatic heterocycles. The van der Waals surface area contributed by atoms with Crippen LogP contribution in [-0.2, 0) is 0 Å². The zero-order chi connectivity index (χ0) is 13.0. The molecule has 1 heterocycles. The van der Waals surface area contributed by atoms with Crippen LogP contribution in [0, 0.1) is 6.92 Å². The highest BCUT2D eigenvalue weighted by Gasteiger charge is 2.05. The number of aromatic nitrogens is 2. The predicted octanol–water partition coefficient (Wildman–Crippen LogP) is 1.19.